The maximum absolute atomic E-state index is 12.3. The van der Waals surface area contributed by atoms with E-state index in [2.05, 4.69) is 10.1 Å². The van der Waals surface area contributed by atoms with Gasteiger partial charge in [0.05, 0.1) is 23.9 Å². The van der Waals surface area contributed by atoms with E-state index in [1.807, 2.05) is 32.0 Å². The molecule has 2 heterocycles. The lowest BCUT2D eigenvalue weighted by Gasteiger charge is -2.26. The molecule has 1 atom stereocenters. The number of amides is 1. The number of aromatic nitrogens is 2. The molecule has 0 aliphatic heterocycles. The quantitative estimate of drug-likeness (QED) is 0.840. The molecule has 0 N–H and O–H groups in total. The minimum Gasteiger partial charge on any atom is -0.361 e. The maximum atomic E-state index is 12.3. The summed E-state index contributed by atoms with van der Waals surface area (Å²) in [6, 6.07) is 7.51. The number of pyridine rings is 1. The van der Waals surface area contributed by atoms with E-state index in [1.165, 1.54) is 0 Å². The highest BCUT2D eigenvalue weighted by molar-refractivity contribution is 5.78. The maximum Gasteiger partial charge on any atom is 0.230 e. The van der Waals surface area contributed by atoms with E-state index in [0.29, 0.717) is 5.76 Å². The van der Waals surface area contributed by atoms with Crippen LogP contribution in [0.25, 0.3) is 0 Å². The SMILES string of the molecule is CC[C@H](c1ccccn1)N(C)C(=O)Cc1cc(C)no1. The molecule has 2 rings (SSSR count). The smallest absolute Gasteiger partial charge is 0.230 e. The van der Waals surface area contributed by atoms with Crippen LogP contribution in [0.1, 0.15) is 36.5 Å². The summed E-state index contributed by atoms with van der Waals surface area (Å²) >= 11 is 0. The standard InChI is InChI=1S/C15H19N3O2/c1-4-14(13-7-5-6-8-16-13)18(3)15(19)10-12-9-11(2)17-20-12/h5-9,14H,4,10H2,1-3H3/t14-/m1/s1. The monoisotopic (exact) mass is 273 g/mol. The number of aryl methyl sites for hydroxylation is 1. The van der Waals surface area contributed by atoms with Crippen LogP contribution in [0, 0.1) is 6.92 Å². The number of likely N-dealkylation sites (N-methyl/N-ethyl adjacent to an activating group) is 1. The normalized spacial score (nSPS) is 12.2. The Morgan fingerprint density at radius 1 is 1.45 bits per heavy atom. The molecule has 5 nitrogen and oxygen atoms in total. The van der Waals surface area contributed by atoms with Gasteiger partial charge in [-0.05, 0) is 25.5 Å². The molecule has 0 aromatic carbocycles. The van der Waals surface area contributed by atoms with Gasteiger partial charge < -0.3 is 9.42 Å². The van der Waals surface area contributed by atoms with Crippen LogP contribution in [0.4, 0.5) is 0 Å². The van der Waals surface area contributed by atoms with E-state index in [0.717, 1.165) is 17.8 Å². The van der Waals surface area contributed by atoms with Gasteiger partial charge in [0.1, 0.15) is 5.76 Å². The van der Waals surface area contributed by atoms with Crippen LogP contribution < -0.4 is 0 Å². The van der Waals surface area contributed by atoms with Crippen LogP contribution in [0.2, 0.25) is 0 Å². The lowest BCUT2D eigenvalue weighted by Crippen LogP contribution is -2.32. The van der Waals surface area contributed by atoms with Crippen molar-refractivity contribution < 1.29 is 9.32 Å². The summed E-state index contributed by atoms with van der Waals surface area (Å²) in [6.07, 6.45) is 2.78. The molecule has 0 aliphatic rings. The van der Waals surface area contributed by atoms with E-state index in [4.69, 9.17) is 4.52 Å². The number of carbonyl (C=O) groups is 1. The molecule has 20 heavy (non-hydrogen) atoms. The van der Waals surface area contributed by atoms with Gasteiger partial charge in [-0.3, -0.25) is 9.78 Å². The fraction of sp³-hybridized carbons (Fsp3) is 0.400. The number of rotatable bonds is 5. The third-order valence-electron chi connectivity index (χ3n) is 3.28. The third-order valence-corrected chi connectivity index (χ3v) is 3.28. The van der Waals surface area contributed by atoms with Crippen molar-refractivity contribution in [3.63, 3.8) is 0 Å². The molecule has 2 aromatic rings. The summed E-state index contributed by atoms with van der Waals surface area (Å²) < 4.78 is 5.09. The van der Waals surface area contributed by atoms with Crippen LogP contribution >= 0.6 is 0 Å². The lowest BCUT2D eigenvalue weighted by molar-refractivity contribution is -0.131. The predicted octanol–water partition coefficient (Wildman–Crippen LogP) is 2.53. The number of hydrogen-bond donors (Lipinski definition) is 0. The van der Waals surface area contributed by atoms with Crippen LogP contribution in [-0.2, 0) is 11.2 Å². The van der Waals surface area contributed by atoms with E-state index in [1.54, 1.807) is 24.2 Å². The summed E-state index contributed by atoms with van der Waals surface area (Å²) in [5.41, 5.74) is 1.69. The minimum atomic E-state index is -0.0206. The lowest BCUT2D eigenvalue weighted by atomic mass is 10.1. The summed E-state index contributed by atoms with van der Waals surface area (Å²) in [4.78, 5) is 18.4. The highest BCUT2D eigenvalue weighted by Crippen LogP contribution is 2.21. The molecule has 0 aliphatic carbocycles. The van der Waals surface area contributed by atoms with Crippen molar-refractivity contribution in [2.75, 3.05) is 7.05 Å². The first-order valence-corrected chi connectivity index (χ1v) is 6.70. The van der Waals surface area contributed by atoms with Gasteiger partial charge in [0.2, 0.25) is 5.91 Å². The Hall–Kier alpha value is -2.17. The van der Waals surface area contributed by atoms with Crippen molar-refractivity contribution in [1.82, 2.24) is 15.0 Å². The zero-order valence-electron chi connectivity index (χ0n) is 12.0. The Balaban J connectivity index is 2.08. The number of carbonyl (C=O) groups excluding carboxylic acids is 1. The summed E-state index contributed by atoms with van der Waals surface area (Å²) in [5, 5.41) is 3.79. The van der Waals surface area contributed by atoms with Crippen molar-refractivity contribution >= 4 is 5.91 Å². The number of hydrogen-bond acceptors (Lipinski definition) is 4. The van der Waals surface area contributed by atoms with Crippen molar-refractivity contribution in [2.45, 2.75) is 32.7 Å². The molecule has 0 radical (unpaired) electrons. The molecule has 5 heteroatoms. The van der Waals surface area contributed by atoms with Gasteiger partial charge in [0.25, 0.3) is 0 Å². The Labute approximate surface area is 118 Å². The Morgan fingerprint density at radius 3 is 2.80 bits per heavy atom. The van der Waals surface area contributed by atoms with E-state index >= 15 is 0 Å². The van der Waals surface area contributed by atoms with Crippen molar-refractivity contribution in [3.05, 3.63) is 47.6 Å². The van der Waals surface area contributed by atoms with E-state index in [-0.39, 0.29) is 18.4 Å². The average Bonchev–Trinajstić information content (AvgIpc) is 2.86. The van der Waals surface area contributed by atoms with Gasteiger partial charge in [0, 0.05) is 19.3 Å². The van der Waals surface area contributed by atoms with Crippen molar-refractivity contribution in [1.29, 1.82) is 0 Å². The Bertz CT molecular complexity index is 566. The molecule has 0 saturated carbocycles. The van der Waals surface area contributed by atoms with E-state index in [9.17, 15) is 4.79 Å². The van der Waals surface area contributed by atoms with Gasteiger partial charge in [-0.15, -0.1) is 0 Å². The van der Waals surface area contributed by atoms with Crippen LogP contribution in [0.5, 0.6) is 0 Å². The Morgan fingerprint density at radius 2 is 2.25 bits per heavy atom. The molecule has 106 valence electrons. The predicted molar refractivity (Wildman–Crippen MR) is 75.0 cm³/mol. The first-order chi connectivity index (χ1) is 9.61. The molecule has 0 saturated heterocycles. The molecular weight excluding hydrogens is 254 g/mol. The topological polar surface area (TPSA) is 59.2 Å². The van der Waals surface area contributed by atoms with Crippen molar-refractivity contribution in [2.24, 2.45) is 0 Å². The summed E-state index contributed by atoms with van der Waals surface area (Å²) in [6.45, 7) is 3.88. The second kappa shape index (κ2) is 6.32. The fourth-order valence-corrected chi connectivity index (χ4v) is 2.20. The molecule has 1 amide bonds. The Kier molecular flexibility index (Phi) is 4.50. The highest BCUT2D eigenvalue weighted by atomic mass is 16.5. The largest absolute Gasteiger partial charge is 0.361 e. The zero-order valence-corrected chi connectivity index (χ0v) is 12.0. The van der Waals surface area contributed by atoms with Crippen LogP contribution in [0.15, 0.2) is 35.0 Å². The molecule has 2 aromatic heterocycles. The van der Waals surface area contributed by atoms with Crippen LogP contribution in [0.3, 0.4) is 0 Å². The van der Waals surface area contributed by atoms with Gasteiger partial charge in [0.15, 0.2) is 0 Å². The summed E-state index contributed by atoms with van der Waals surface area (Å²) in [7, 11) is 1.80. The molecule has 0 bridgehead atoms. The van der Waals surface area contributed by atoms with Crippen LogP contribution in [-0.4, -0.2) is 28.0 Å². The van der Waals surface area contributed by atoms with Gasteiger partial charge >= 0.3 is 0 Å². The van der Waals surface area contributed by atoms with Gasteiger partial charge in [-0.2, -0.15) is 0 Å². The zero-order chi connectivity index (χ0) is 14.5. The average molecular weight is 273 g/mol. The van der Waals surface area contributed by atoms with Gasteiger partial charge in [-0.25, -0.2) is 0 Å². The first kappa shape index (κ1) is 14.2. The third kappa shape index (κ3) is 3.23. The minimum absolute atomic E-state index is 0.00125. The summed E-state index contributed by atoms with van der Waals surface area (Å²) in [5.74, 6) is 0.592. The number of nitrogens with zero attached hydrogens (tertiary/aromatic N) is 3. The first-order valence-electron chi connectivity index (χ1n) is 6.70. The van der Waals surface area contributed by atoms with E-state index < -0.39 is 0 Å². The second-order valence-corrected chi connectivity index (χ2v) is 4.79. The molecule has 0 unspecified atom stereocenters. The second-order valence-electron chi connectivity index (χ2n) is 4.79. The van der Waals surface area contributed by atoms with Gasteiger partial charge in [-0.1, -0.05) is 18.1 Å². The highest BCUT2D eigenvalue weighted by Gasteiger charge is 2.22. The van der Waals surface area contributed by atoms with Crippen molar-refractivity contribution in [3.8, 4) is 0 Å². The fourth-order valence-electron chi connectivity index (χ4n) is 2.20. The molecule has 0 spiro atoms. The molecule has 0 fully saturated rings. The molecular formula is C15H19N3O2.